The fraction of sp³-hybridized carbons (Fsp3) is 0.455. The van der Waals surface area contributed by atoms with Gasteiger partial charge in [0.25, 0.3) is 0 Å². The number of halogens is 1. The van der Waals surface area contributed by atoms with Crippen LogP contribution in [0.4, 0.5) is 10.1 Å². The summed E-state index contributed by atoms with van der Waals surface area (Å²) in [5, 5.41) is 3.55. The molecule has 1 unspecified atom stereocenters. The van der Waals surface area contributed by atoms with Crippen LogP contribution >= 0.6 is 0 Å². The summed E-state index contributed by atoms with van der Waals surface area (Å²) in [5.41, 5.74) is 2.92. The van der Waals surface area contributed by atoms with Gasteiger partial charge in [0.05, 0.1) is 0 Å². The Bertz CT molecular complexity index is 635. The lowest BCUT2D eigenvalue weighted by atomic mass is 9.85. The number of nitrogens with zero attached hydrogens (tertiary/aromatic N) is 1. The molecule has 2 aliphatic rings. The predicted molar refractivity (Wildman–Crippen MR) is 104 cm³/mol. The van der Waals surface area contributed by atoms with Crippen LogP contribution < -0.4 is 5.32 Å². The molecule has 2 heterocycles. The quantitative estimate of drug-likeness (QED) is 0.832. The average Bonchev–Trinajstić information content (AvgIpc) is 3.07. The van der Waals surface area contributed by atoms with Gasteiger partial charge in [0.2, 0.25) is 0 Å². The van der Waals surface area contributed by atoms with Crippen molar-refractivity contribution in [1.82, 2.24) is 4.90 Å². The fourth-order valence-corrected chi connectivity index (χ4v) is 3.92. The average molecular weight is 340 g/mol. The van der Waals surface area contributed by atoms with Crippen molar-refractivity contribution in [1.29, 1.82) is 0 Å². The Labute approximate surface area is 151 Å². The highest BCUT2D eigenvalue weighted by molar-refractivity contribution is 5.57. The van der Waals surface area contributed by atoms with Gasteiger partial charge in [-0.1, -0.05) is 43.3 Å². The number of hydrogen-bond donors (Lipinski definition) is 1. The summed E-state index contributed by atoms with van der Waals surface area (Å²) in [6.45, 7) is 7.26. The summed E-state index contributed by atoms with van der Waals surface area (Å²) < 4.78 is 11.9. The lowest BCUT2D eigenvalue weighted by molar-refractivity contribution is 0.182. The van der Waals surface area contributed by atoms with Crippen LogP contribution in [-0.4, -0.2) is 31.1 Å². The number of likely N-dealkylation sites (tertiary alicyclic amines) is 1. The number of piperidine rings is 1. The molecular formula is C22H29FN2. The molecule has 3 heteroatoms. The fourth-order valence-electron chi connectivity index (χ4n) is 3.92. The van der Waals surface area contributed by atoms with Crippen LogP contribution in [0.1, 0.15) is 37.7 Å². The second kappa shape index (κ2) is 9.00. The molecule has 0 aromatic heterocycles. The van der Waals surface area contributed by atoms with Crippen molar-refractivity contribution < 1.29 is 4.39 Å². The van der Waals surface area contributed by atoms with Gasteiger partial charge in [-0.2, -0.15) is 0 Å². The molecule has 1 N–H and O–H groups in total. The molecule has 0 bridgehead atoms. The van der Waals surface area contributed by atoms with Crippen molar-refractivity contribution in [2.45, 2.75) is 32.1 Å². The summed E-state index contributed by atoms with van der Waals surface area (Å²) in [6.07, 6.45) is 4.17. The molecule has 0 spiro atoms. The molecule has 4 rings (SSSR count). The molecule has 1 fully saturated rings. The summed E-state index contributed by atoms with van der Waals surface area (Å²) in [5.74, 6) is 1.51. The minimum Gasteiger partial charge on any atom is -0.384 e. The number of nitrogens with one attached hydrogen (secondary N) is 1. The molecule has 1 saturated heterocycles. The van der Waals surface area contributed by atoms with Crippen LogP contribution in [0.25, 0.3) is 0 Å². The standard InChI is InChI=1S/C16H24N2.C6H5F/c1-2-18-9-7-13(8-10-18)11-14-12-17-16-6-4-3-5-15(14)16;7-6-4-2-1-3-5-6/h3-6,13-14,17H,2,7-12H2,1H3;1-5H. The Morgan fingerprint density at radius 3 is 2.32 bits per heavy atom. The third-order valence-electron chi connectivity index (χ3n) is 5.44. The van der Waals surface area contributed by atoms with Crippen LogP contribution in [0.5, 0.6) is 0 Å². The summed E-state index contributed by atoms with van der Waals surface area (Å²) in [7, 11) is 0. The van der Waals surface area contributed by atoms with Gasteiger partial charge in [-0.25, -0.2) is 4.39 Å². The van der Waals surface area contributed by atoms with E-state index in [0.717, 1.165) is 18.4 Å². The number of para-hydroxylation sites is 1. The van der Waals surface area contributed by atoms with Crippen LogP contribution in [0.15, 0.2) is 54.6 Å². The Balaban J connectivity index is 0.000000219. The van der Waals surface area contributed by atoms with E-state index in [1.165, 1.54) is 56.7 Å². The molecular weight excluding hydrogens is 311 g/mol. The van der Waals surface area contributed by atoms with Crippen molar-refractivity contribution in [3.8, 4) is 0 Å². The van der Waals surface area contributed by atoms with E-state index in [-0.39, 0.29) is 5.82 Å². The first kappa shape index (κ1) is 17.9. The van der Waals surface area contributed by atoms with E-state index in [9.17, 15) is 4.39 Å². The maximum Gasteiger partial charge on any atom is 0.123 e. The SMILES string of the molecule is CCN1CCC(CC2CNc3ccccc32)CC1.Fc1ccccc1. The summed E-state index contributed by atoms with van der Waals surface area (Å²) in [4.78, 5) is 2.58. The minimum absolute atomic E-state index is 0.178. The van der Waals surface area contributed by atoms with Crippen molar-refractivity contribution >= 4 is 5.69 Å². The van der Waals surface area contributed by atoms with Gasteiger partial charge < -0.3 is 10.2 Å². The minimum atomic E-state index is -0.178. The molecule has 134 valence electrons. The summed E-state index contributed by atoms with van der Waals surface area (Å²) in [6, 6.07) is 16.8. The zero-order valence-electron chi connectivity index (χ0n) is 15.1. The summed E-state index contributed by atoms with van der Waals surface area (Å²) >= 11 is 0. The lowest BCUT2D eigenvalue weighted by Gasteiger charge is -2.32. The number of anilines is 1. The third kappa shape index (κ3) is 5.05. The van der Waals surface area contributed by atoms with Gasteiger partial charge in [0.15, 0.2) is 0 Å². The van der Waals surface area contributed by atoms with E-state index < -0.39 is 0 Å². The molecule has 25 heavy (non-hydrogen) atoms. The Hall–Kier alpha value is -1.87. The smallest absolute Gasteiger partial charge is 0.123 e. The molecule has 0 aliphatic carbocycles. The molecule has 0 saturated carbocycles. The van der Waals surface area contributed by atoms with Crippen LogP contribution in [0.3, 0.4) is 0 Å². The van der Waals surface area contributed by atoms with Gasteiger partial charge in [0.1, 0.15) is 5.82 Å². The van der Waals surface area contributed by atoms with Crippen LogP contribution in [0, 0.1) is 11.7 Å². The van der Waals surface area contributed by atoms with E-state index in [0.29, 0.717) is 0 Å². The van der Waals surface area contributed by atoms with E-state index >= 15 is 0 Å². The van der Waals surface area contributed by atoms with Gasteiger partial charge in [-0.3, -0.25) is 0 Å². The highest BCUT2D eigenvalue weighted by Gasteiger charge is 2.26. The number of fused-ring (bicyclic) bond motifs is 1. The lowest BCUT2D eigenvalue weighted by Crippen LogP contribution is -2.33. The third-order valence-corrected chi connectivity index (χ3v) is 5.44. The first-order valence-corrected chi connectivity index (χ1v) is 9.52. The highest BCUT2D eigenvalue weighted by Crippen LogP contribution is 2.37. The highest BCUT2D eigenvalue weighted by atomic mass is 19.1. The maximum absolute atomic E-state index is 11.9. The Morgan fingerprint density at radius 1 is 1.00 bits per heavy atom. The second-order valence-electron chi connectivity index (χ2n) is 7.07. The monoisotopic (exact) mass is 340 g/mol. The zero-order valence-corrected chi connectivity index (χ0v) is 15.1. The first-order chi connectivity index (χ1) is 12.3. The second-order valence-corrected chi connectivity index (χ2v) is 7.07. The Morgan fingerprint density at radius 2 is 1.68 bits per heavy atom. The van der Waals surface area contributed by atoms with E-state index in [2.05, 4.69) is 41.4 Å². The van der Waals surface area contributed by atoms with Crippen molar-refractivity contribution in [2.24, 2.45) is 5.92 Å². The zero-order chi connectivity index (χ0) is 17.5. The van der Waals surface area contributed by atoms with E-state index in [4.69, 9.17) is 0 Å². The topological polar surface area (TPSA) is 15.3 Å². The van der Waals surface area contributed by atoms with Crippen LogP contribution in [-0.2, 0) is 0 Å². The van der Waals surface area contributed by atoms with Gasteiger partial charge in [-0.15, -0.1) is 0 Å². The largest absolute Gasteiger partial charge is 0.384 e. The van der Waals surface area contributed by atoms with Gasteiger partial charge in [-0.05, 0) is 68.6 Å². The molecule has 1 atom stereocenters. The van der Waals surface area contributed by atoms with Crippen molar-refractivity contribution in [3.63, 3.8) is 0 Å². The molecule has 2 aliphatic heterocycles. The molecule has 2 aromatic rings. The normalized spacial score (nSPS) is 20.3. The first-order valence-electron chi connectivity index (χ1n) is 9.52. The van der Waals surface area contributed by atoms with Crippen LogP contribution in [0.2, 0.25) is 0 Å². The maximum atomic E-state index is 11.9. The molecule has 0 amide bonds. The van der Waals surface area contributed by atoms with E-state index in [1.807, 2.05) is 0 Å². The molecule has 2 aromatic carbocycles. The number of hydrogen-bond acceptors (Lipinski definition) is 2. The molecule has 0 radical (unpaired) electrons. The number of benzene rings is 2. The predicted octanol–water partition coefficient (Wildman–Crippen LogP) is 5.14. The van der Waals surface area contributed by atoms with Gasteiger partial charge in [0, 0.05) is 18.2 Å². The Kier molecular flexibility index (Phi) is 6.46. The van der Waals surface area contributed by atoms with E-state index in [1.54, 1.807) is 23.8 Å². The van der Waals surface area contributed by atoms with Crippen molar-refractivity contribution in [3.05, 3.63) is 66.0 Å². The number of rotatable bonds is 3. The molecule has 2 nitrogen and oxygen atoms in total. The van der Waals surface area contributed by atoms with Gasteiger partial charge >= 0.3 is 0 Å². The van der Waals surface area contributed by atoms with Crippen molar-refractivity contribution in [2.75, 3.05) is 31.5 Å².